The third kappa shape index (κ3) is 3.13. The first kappa shape index (κ1) is 11.7. The first-order valence-electron chi connectivity index (χ1n) is 6.78. The molecule has 0 aromatic carbocycles. The van der Waals surface area contributed by atoms with Crippen molar-refractivity contribution < 1.29 is 4.79 Å². The van der Waals surface area contributed by atoms with Crippen molar-refractivity contribution in [2.24, 2.45) is 5.41 Å². The van der Waals surface area contributed by atoms with E-state index in [1.54, 1.807) is 0 Å². The average molecular weight is 224 g/mol. The summed E-state index contributed by atoms with van der Waals surface area (Å²) in [5.41, 5.74) is 0.460. The van der Waals surface area contributed by atoms with Gasteiger partial charge in [0.05, 0.1) is 0 Å². The van der Waals surface area contributed by atoms with E-state index in [4.69, 9.17) is 0 Å². The summed E-state index contributed by atoms with van der Waals surface area (Å²) < 4.78 is 0. The molecule has 2 N–H and O–H groups in total. The number of hydrogen-bond acceptors (Lipinski definition) is 1. The monoisotopic (exact) mass is 224 g/mol. The SMILES string of the molecule is CCCC1(CNC(=O)NC2CCCC2)CC1. The zero-order valence-corrected chi connectivity index (χ0v) is 10.3. The third-order valence-electron chi connectivity index (χ3n) is 4.05. The van der Waals surface area contributed by atoms with Gasteiger partial charge in [-0.3, -0.25) is 0 Å². The molecule has 2 aliphatic carbocycles. The minimum Gasteiger partial charge on any atom is -0.338 e. The standard InChI is InChI=1S/C13H24N2O/c1-2-7-13(8-9-13)10-14-12(16)15-11-5-3-4-6-11/h11H,2-10H2,1H3,(H2,14,15,16). The van der Waals surface area contributed by atoms with Gasteiger partial charge in [-0.1, -0.05) is 26.2 Å². The van der Waals surface area contributed by atoms with Gasteiger partial charge < -0.3 is 10.6 Å². The number of urea groups is 1. The van der Waals surface area contributed by atoms with Crippen molar-refractivity contribution in [2.75, 3.05) is 6.54 Å². The van der Waals surface area contributed by atoms with Crippen LogP contribution in [0.25, 0.3) is 0 Å². The van der Waals surface area contributed by atoms with Gasteiger partial charge in [-0.15, -0.1) is 0 Å². The number of carbonyl (C=O) groups is 1. The highest BCUT2D eigenvalue weighted by atomic mass is 16.2. The molecule has 2 rings (SSSR count). The number of rotatable bonds is 5. The molecule has 92 valence electrons. The highest BCUT2D eigenvalue weighted by molar-refractivity contribution is 5.74. The topological polar surface area (TPSA) is 41.1 Å². The molecule has 0 saturated heterocycles. The maximum Gasteiger partial charge on any atom is 0.315 e. The molecule has 0 aromatic rings. The van der Waals surface area contributed by atoms with Crippen LogP contribution in [-0.4, -0.2) is 18.6 Å². The van der Waals surface area contributed by atoms with Crippen LogP contribution in [0.3, 0.4) is 0 Å². The van der Waals surface area contributed by atoms with Crippen molar-refractivity contribution in [3.8, 4) is 0 Å². The fourth-order valence-electron chi connectivity index (χ4n) is 2.80. The zero-order valence-electron chi connectivity index (χ0n) is 10.3. The Hall–Kier alpha value is -0.730. The fourth-order valence-corrected chi connectivity index (χ4v) is 2.80. The van der Waals surface area contributed by atoms with E-state index >= 15 is 0 Å². The van der Waals surface area contributed by atoms with Crippen molar-refractivity contribution in [1.29, 1.82) is 0 Å². The Morgan fingerprint density at radius 2 is 2.00 bits per heavy atom. The van der Waals surface area contributed by atoms with E-state index in [1.807, 2.05) is 0 Å². The molecule has 0 aliphatic heterocycles. The van der Waals surface area contributed by atoms with E-state index in [0.717, 1.165) is 19.4 Å². The maximum absolute atomic E-state index is 11.7. The van der Waals surface area contributed by atoms with Gasteiger partial charge in [0.15, 0.2) is 0 Å². The van der Waals surface area contributed by atoms with Gasteiger partial charge >= 0.3 is 6.03 Å². The second kappa shape index (κ2) is 5.07. The second-order valence-electron chi connectivity index (χ2n) is 5.56. The van der Waals surface area contributed by atoms with Crippen molar-refractivity contribution in [2.45, 2.75) is 64.3 Å². The summed E-state index contributed by atoms with van der Waals surface area (Å²) in [7, 11) is 0. The minimum atomic E-state index is 0.0503. The molecule has 0 spiro atoms. The molecule has 3 heteroatoms. The van der Waals surface area contributed by atoms with Crippen LogP contribution in [0, 0.1) is 5.41 Å². The van der Waals surface area contributed by atoms with Crippen LogP contribution >= 0.6 is 0 Å². The first-order valence-corrected chi connectivity index (χ1v) is 6.78. The average Bonchev–Trinajstić information content (AvgIpc) is 2.83. The highest BCUT2D eigenvalue weighted by Gasteiger charge is 2.41. The molecule has 0 heterocycles. The van der Waals surface area contributed by atoms with E-state index in [1.165, 1.54) is 38.5 Å². The summed E-state index contributed by atoms with van der Waals surface area (Å²) in [4.78, 5) is 11.7. The quantitative estimate of drug-likeness (QED) is 0.740. The molecule has 2 saturated carbocycles. The molecule has 2 aliphatic rings. The molecular formula is C13H24N2O. The van der Waals surface area contributed by atoms with Gasteiger partial charge in [-0.25, -0.2) is 4.79 Å². The Labute approximate surface area is 98.4 Å². The molecule has 0 radical (unpaired) electrons. The predicted molar refractivity (Wildman–Crippen MR) is 65.4 cm³/mol. The number of carbonyl (C=O) groups excluding carboxylic acids is 1. The van der Waals surface area contributed by atoms with Crippen LogP contribution in [-0.2, 0) is 0 Å². The Morgan fingerprint density at radius 1 is 1.31 bits per heavy atom. The van der Waals surface area contributed by atoms with Crippen LogP contribution in [0.5, 0.6) is 0 Å². The normalized spacial score (nSPS) is 23.1. The molecule has 3 nitrogen and oxygen atoms in total. The molecule has 0 aromatic heterocycles. The Kier molecular flexibility index (Phi) is 3.72. The van der Waals surface area contributed by atoms with Crippen LogP contribution in [0.2, 0.25) is 0 Å². The molecule has 0 bridgehead atoms. The van der Waals surface area contributed by atoms with E-state index in [-0.39, 0.29) is 6.03 Å². The molecule has 16 heavy (non-hydrogen) atoms. The van der Waals surface area contributed by atoms with E-state index < -0.39 is 0 Å². The van der Waals surface area contributed by atoms with Crippen LogP contribution in [0.1, 0.15) is 58.3 Å². The van der Waals surface area contributed by atoms with Crippen molar-refractivity contribution in [1.82, 2.24) is 10.6 Å². The molecule has 2 fully saturated rings. The van der Waals surface area contributed by atoms with Gasteiger partial charge in [0.25, 0.3) is 0 Å². The van der Waals surface area contributed by atoms with Crippen LogP contribution < -0.4 is 10.6 Å². The Morgan fingerprint density at radius 3 is 2.56 bits per heavy atom. The van der Waals surface area contributed by atoms with Gasteiger partial charge in [0.2, 0.25) is 0 Å². The Bertz CT molecular complexity index is 242. The van der Waals surface area contributed by atoms with Gasteiger partial charge in [-0.2, -0.15) is 0 Å². The summed E-state index contributed by atoms with van der Waals surface area (Å²) in [6.07, 6.45) is 9.94. The highest BCUT2D eigenvalue weighted by Crippen LogP contribution is 2.48. The molecule has 0 unspecified atom stereocenters. The minimum absolute atomic E-state index is 0.0503. The predicted octanol–water partition coefficient (Wildman–Crippen LogP) is 2.81. The van der Waals surface area contributed by atoms with E-state index in [0.29, 0.717) is 11.5 Å². The lowest BCUT2D eigenvalue weighted by atomic mass is 10.0. The summed E-state index contributed by atoms with van der Waals surface area (Å²) >= 11 is 0. The summed E-state index contributed by atoms with van der Waals surface area (Å²) in [5.74, 6) is 0. The molecule has 2 amide bonds. The fraction of sp³-hybridized carbons (Fsp3) is 0.923. The molecule has 0 atom stereocenters. The summed E-state index contributed by atoms with van der Waals surface area (Å²) in [5, 5.41) is 6.12. The van der Waals surface area contributed by atoms with E-state index in [2.05, 4.69) is 17.6 Å². The lowest BCUT2D eigenvalue weighted by molar-refractivity contribution is 0.233. The number of hydrogen-bond donors (Lipinski definition) is 2. The lowest BCUT2D eigenvalue weighted by Gasteiger charge is -2.17. The summed E-state index contributed by atoms with van der Waals surface area (Å²) in [6, 6.07) is 0.482. The lowest BCUT2D eigenvalue weighted by Crippen LogP contribution is -2.43. The maximum atomic E-state index is 11.7. The number of amides is 2. The van der Waals surface area contributed by atoms with Gasteiger partial charge in [0.1, 0.15) is 0 Å². The van der Waals surface area contributed by atoms with Gasteiger partial charge in [-0.05, 0) is 37.5 Å². The van der Waals surface area contributed by atoms with E-state index in [9.17, 15) is 4.79 Å². The second-order valence-corrected chi connectivity index (χ2v) is 5.56. The van der Waals surface area contributed by atoms with Crippen LogP contribution in [0.15, 0.2) is 0 Å². The largest absolute Gasteiger partial charge is 0.338 e. The smallest absolute Gasteiger partial charge is 0.315 e. The zero-order chi connectivity index (χ0) is 11.4. The van der Waals surface area contributed by atoms with Crippen LogP contribution in [0.4, 0.5) is 4.79 Å². The van der Waals surface area contributed by atoms with Crippen molar-refractivity contribution >= 4 is 6.03 Å². The van der Waals surface area contributed by atoms with Crippen molar-refractivity contribution in [3.63, 3.8) is 0 Å². The molecular weight excluding hydrogens is 200 g/mol. The first-order chi connectivity index (χ1) is 7.74. The van der Waals surface area contributed by atoms with Gasteiger partial charge in [0, 0.05) is 12.6 Å². The van der Waals surface area contributed by atoms with Crippen molar-refractivity contribution in [3.05, 3.63) is 0 Å². The number of nitrogens with one attached hydrogen (secondary N) is 2. The third-order valence-corrected chi connectivity index (χ3v) is 4.05. The summed E-state index contributed by atoms with van der Waals surface area (Å²) in [6.45, 7) is 3.10. The Balaban J connectivity index is 1.63.